The summed E-state index contributed by atoms with van der Waals surface area (Å²) in [5.41, 5.74) is 3.37. The monoisotopic (exact) mass is 371 g/mol. The zero-order chi connectivity index (χ0) is 19.3. The number of nitrogens with zero attached hydrogens (tertiary/aromatic N) is 3. The molecule has 0 saturated carbocycles. The van der Waals surface area contributed by atoms with Gasteiger partial charge >= 0.3 is 0 Å². The molecule has 0 spiro atoms. The van der Waals surface area contributed by atoms with E-state index in [4.69, 9.17) is 0 Å². The Labute approximate surface area is 164 Å². The third kappa shape index (κ3) is 3.78. The van der Waals surface area contributed by atoms with Gasteiger partial charge in [0.2, 0.25) is 0 Å². The fourth-order valence-corrected chi connectivity index (χ4v) is 3.43. The van der Waals surface area contributed by atoms with Crippen LogP contribution in [0.3, 0.4) is 0 Å². The number of carbonyl (C=O) groups is 2. The molecule has 0 aliphatic carbocycles. The van der Waals surface area contributed by atoms with E-state index in [1.165, 1.54) is 0 Å². The Morgan fingerprint density at radius 3 is 1.93 bits per heavy atom. The van der Waals surface area contributed by atoms with Crippen molar-refractivity contribution in [3.63, 3.8) is 0 Å². The van der Waals surface area contributed by atoms with Crippen LogP contribution in [0.1, 0.15) is 20.7 Å². The minimum Gasteiger partial charge on any atom is -0.335 e. The maximum absolute atomic E-state index is 12.9. The van der Waals surface area contributed by atoms with Crippen molar-refractivity contribution in [2.24, 2.45) is 0 Å². The third-order valence-corrected chi connectivity index (χ3v) is 4.98. The molecule has 28 heavy (non-hydrogen) atoms. The molecule has 0 bridgehead atoms. The van der Waals surface area contributed by atoms with Gasteiger partial charge in [0.1, 0.15) is 0 Å². The highest BCUT2D eigenvalue weighted by molar-refractivity contribution is 5.96. The summed E-state index contributed by atoms with van der Waals surface area (Å²) in [6, 6.07) is 21.3. The fraction of sp³-hybridized carbons (Fsp3) is 0.174. The van der Waals surface area contributed by atoms with E-state index in [9.17, 15) is 9.59 Å². The van der Waals surface area contributed by atoms with Gasteiger partial charge in [-0.1, -0.05) is 42.5 Å². The number of piperazine rings is 1. The summed E-state index contributed by atoms with van der Waals surface area (Å²) < 4.78 is 0. The largest absolute Gasteiger partial charge is 0.335 e. The summed E-state index contributed by atoms with van der Waals surface area (Å²) in [6.07, 6.45) is 3.23. The zero-order valence-corrected chi connectivity index (χ0v) is 15.5. The Kier molecular flexibility index (Phi) is 5.15. The lowest BCUT2D eigenvalue weighted by Crippen LogP contribution is -2.50. The van der Waals surface area contributed by atoms with Crippen LogP contribution in [0.2, 0.25) is 0 Å². The van der Waals surface area contributed by atoms with Gasteiger partial charge in [-0.3, -0.25) is 14.6 Å². The molecule has 5 heteroatoms. The van der Waals surface area contributed by atoms with E-state index in [0.717, 1.165) is 11.1 Å². The van der Waals surface area contributed by atoms with E-state index in [2.05, 4.69) is 4.98 Å². The maximum Gasteiger partial charge on any atom is 0.255 e. The van der Waals surface area contributed by atoms with E-state index in [1.807, 2.05) is 59.5 Å². The summed E-state index contributed by atoms with van der Waals surface area (Å²) in [5, 5.41) is 0. The average molecular weight is 371 g/mol. The lowest BCUT2D eigenvalue weighted by Gasteiger charge is -2.34. The predicted octanol–water partition coefficient (Wildman–Crippen LogP) is 3.35. The van der Waals surface area contributed by atoms with E-state index in [-0.39, 0.29) is 11.8 Å². The number of pyridine rings is 1. The number of rotatable bonds is 3. The Bertz CT molecular complexity index is 965. The van der Waals surface area contributed by atoms with Crippen molar-refractivity contribution in [3.8, 4) is 11.1 Å². The molecule has 1 aliphatic heterocycles. The van der Waals surface area contributed by atoms with E-state index < -0.39 is 0 Å². The predicted molar refractivity (Wildman–Crippen MR) is 108 cm³/mol. The number of hydrogen-bond acceptors (Lipinski definition) is 3. The first-order chi connectivity index (χ1) is 13.7. The van der Waals surface area contributed by atoms with Gasteiger partial charge in [-0.05, 0) is 35.4 Å². The van der Waals surface area contributed by atoms with Gasteiger partial charge in [-0.2, -0.15) is 0 Å². The number of aromatic nitrogens is 1. The molecule has 2 aromatic carbocycles. The van der Waals surface area contributed by atoms with Crippen molar-refractivity contribution in [1.82, 2.24) is 14.8 Å². The second-order valence-corrected chi connectivity index (χ2v) is 6.77. The molecule has 1 fully saturated rings. The standard InChI is InChI=1S/C23H21N3O2/c27-22(20-9-4-8-19(16-20)18-6-2-1-3-7-18)25-12-14-26(15-13-25)23(28)21-10-5-11-24-17-21/h1-11,16-17H,12-15H2. The van der Waals surface area contributed by atoms with Crippen LogP contribution in [0.15, 0.2) is 79.1 Å². The molecule has 0 N–H and O–H groups in total. The van der Waals surface area contributed by atoms with Crippen LogP contribution in [-0.4, -0.2) is 52.8 Å². The maximum atomic E-state index is 12.9. The molecule has 3 aromatic rings. The van der Waals surface area contributed by atoms with Crippen molar-refractivity contribution in [1.29, 1.82) is 0 Å². The first kappa shape index (κ1) is 17.9. The highest BCUT2D eigenvalue weighted by Crippen LogP contribution is 2.21. The highest BCUT2D eigenvalue weighted by atomic mass is 16.2. The molecule has 1 saturated heterocycles. The smallest absolute Gasteiger partial charge is 0.255 e. The van der Waals surface area contributed by atoms with E-state index in [0.29, 0.717) is 37.3 Å². The molecule has 1 aromatic heterocycles. The summed E-state index contributed by atoms with van der Waals surface area (Å²) in [7, 11) is 0. The molecule has 0 unspecified atom stereocenters. The minimum atomic E-state index is -0.0359. The van der Waals surface area contributed by atoms with Crippen LogP contribution in [0.5, 0.6) is 0 Å². The highest BCUT2D eigenvalue weighted by Gasteiger charge is 2.25. The number of carbonyl (C=O) groups excluding carboxylic acids is 2. The quantitative estimate of drug-likeness (QED) is 0.709. The van der Waals surface area contributed by atoms with Crippen LogP contribution in [0.25, 0.3) is 11.1 Å². The van der Waals surface area contributed by atoms with Crippen molar-refractivity contribution in [3.05, 3.63) is 90.3 Å². The van der Waals surface area contributed by atoms with Crippen molar-refractivity contribution < 1.29 is 9.59 Å². The molecule has 2 heterocycles. The average Bonchev–Trinajstić information content (AvgIpc) is 2.79. The normalized spacial score (nSPS) is 14.0. The number of benzene rings is 2. The van der Waals surface area contributed by atoms with Crippen LogP contribution < -0.4 is 0 Å². The Balaban J connectivity index is 1.43. The Morgan fingerprint density at radius 1 is 0.679 bits per heavy atom. The summed E-state index contributed by atoms with van der Waals surface area (Å²) in [4.78, 5) is 33.1. The molecule has 4 rings (SSSR count). The Morgan fingerprint density at radius 2 is 1.29 bits per heavy atom. The topological polar surface area (TPSA) is 53.5 Å². The van der Waals surface area contributed by atoms with Gasteiger partial charge in [0, 0.05) is 44.1 Å². The zero-order valence-electron chi connectivity index (χ0n) is 15.5. The van der Waals surface area contributed by atoms with Crippen molar-refractivity contribution >= 4 is 11.8 Å². The number of amides is 2. The van der Waals surface area contributed by atoms with Crippen LogP contribution in [0, 0.1) is 0 Å². The summed E-state index contributed by atoms with van der Waals surface area (Å²) in [5.74, 6) is -0.0301. The first-order valence-electron chi connectivity index (χ1n) is 9.36. The molecule has 0 atom stereocenters. The molecular weight excluding hydrogens is 350 g/mol. The minimum absolute atomic E-state index is 0.00579. The third-order valence-electron chi connectivity index (χ3n) is 4.98. The van der Waals surface area contributed by atoms with Crippen LogP contribution in [0.4, 0.5) is 0 Å². The van der Waals surface area contributed by atoms with E-state index in [1.54, 1.807) is 29.4 Å². The van der Waals surface area contributed by atoms with Crippen LogP contribution in [-0.2, 0) is 0 Å². The van der Waals surface area contributed by atoms with E-state index >= 15 is 0 Å². The van der Waals surface area contributed by atoms with Crippen molar-refractivity contribution in [2.45, 2.75) is 0 Å². The molecule has 1 aliphatic rings. The van der Waals surface area contributed by atoms with Gasteiger partial charge in [-0.15, -0.1) is 0 Å². The second-order valence-electron chi connectivity index (χ2n) is 6.77. The lowest BCUT2D eigenvalue weighted by atomic mass is 10.0. The molecule has 5 nitrogen and oxygen atoms in total. The molecule has 2 amide bonds. The summed E-state index contributed by atoms with van der Waals surface area (Å²) >= 11 is 0. The SMILES string of the molecule is O=C(c1cccnc1)N1CCN(C(=O)c2cccc(-c3ccccc3)c2)CC1. The van der Waals surface area contributed by atoms with Crippen LogP contribution >= 0.6 is 0 Å². The number of hydrogen-bond donors (Lipinski definition) is 0. The second kappa shape index (κ2) is 8.05. The summed E-state index contributed by atoms with van der Waals surface area (Å²) in [6.45, 7) is 2.11. The van der Waals surface area contributed by atoms with Gasteiger partial charge in [0.05, 0.1) is 5.56 Å². The van der Waals surface area contributed by atoms with Gasteiger partial charge in [0.25, 0.3) is 11.8 Å². The van der Waals surface area contributed by atoms with Crippen molar-refractivity contribution in [2.75, 3.05) is 26.2 Å². The van der Waals surface area contributed by atoms with Gasteiger partial charge < -0.3 is 9.80 Å². The molecule has 140 valence electrons. The fourth-order valence-electron chi connectivity index (χ4n) is 3.43. The van der Waals surface area contributed by atoms with Gasteiger partial charge in [-0.25, -0.2) is 0 Å². The first-order valence-corrected chi connectivity index (χ1v) is 9.36. The molecular formula is C23H21N3O2. The molecule has 0 radical (unpaired) electrons. The lowest BCUT2D eigenvalue weighted by molar-refractivity contribution is 0.0535. The van der Waals surface area contributed by atoms with Gasteiger partial charge in [0.15, 0.2) is 0 Å². The Hall–Kier alpha value is -3.47.